The van der Waals surface area contributed by atoms with Crippen LogP contribution < -0.4 is 11.1 Å². The van der Waals surface area contributed by atoms with E-state index in [4.69, 9.17) is 5.73 Å². The highest BCUT2D eigenvalue weighted by Crippen LogP contribution is 2.36. The standard InChI is InChI=1S/C10H10F3N5S.CH4/c1-5-15-8(14)18-9(16-5)17-7(10(11,12)13)6-3-2-4-19-6;/h2-4,7H,1H3,(H3,14,15,16,17,18);1H4. The van der Waals surface area contributed by atoms with Crippen LogP contribution >= 0.6 is 11.3 Å². The van der Waals surface area contributed by atoms with Crippen molar-refractivity contribution in [2.75, 3.05) is 11.1 Å². The predicted octanol–water partition coefficient (Wildman–Crippen LogP) is 3.18. The summed E-state index contributed by atoms with van der Waals surface area (Å²) in [6, 6.07) is 1.08. The van der Waals surface area contributed by atoms with Crippen LogP contribution in [0.1, 0.15) is 24.2 Å². The summed E-state index contributed by atoms with van der Waals surface area (Å²) in [5.41, 5.74) is 5.38. The van der Waals surface area contributed by atoms with Crippen molar-refractivity contribution in [3.63, 3.8) is 0 Å². The molecule has 0 radical (unpaired) electrons. The molecule has 20 heavy (non-hydrogen) atoms. The summed E-state index contributed by atoms with van der Waals surface area (Å²) >= 11 is 1.00. The first-order chi connectivity index (χ1) is 8.86. The van der Waals surface area contributed by atoms with Crippen molar-refractivity contribution in [3.8, 4) is 0 Å². The number of hydrogen-bond donors (Lipinski definition) is 2. The molecule has 2 heterocycles. The first kappa shape index (κ1) is 16.2. The van der Waals surface area contributed by atoms with E-state index in [1.54, 1.807) is 11.4 Å². The predicted molar refractivity (Wildman–Crippen MR) is 72.4 cm³/mol. The minimum absolute atomic E-state index is 0. The summed E-state index contributed by atoms with van der Waals surface area (Å²) in [6.45, 7) is 1.52. The third kappa shape index (κ3) is 3.80. The molecule has 0 aliphatic heterocycles. The molecule has 110 valence electrons. The fraction of sp³-hybridized carbons (Fsp3) is 0.364. The fourth-order valence-electron chi connectivity index (χ4n) is 1.47. The second kappa shape index (κ2) is 6.04. The zero-order valence-corrected chi connectivity index (χ0v) is 10.6. The number of rotatable bonds is 3. The Kier molecular flexibility index (Phi) is 4.88. The van der Waals surface area contributed by atoms with E-state index >= 15 is 0 Å². The van der Waals surface area contributed by atoms with Gasteiger partial charge in [0.1, 0.15) is 5.82 Å². The molecular weight excluding hydrogens is 291 g/mol. The summed E-state index contributed by atoms with van der Waals surface area (Å²) in [6.07, 6.45) is -4.46. The first-order valence-electron chi connectivity index (χ1n) is 5.21. The lowest BCUT2D eigenvalue weighted by Crippen LogP contribution is -2.28. The molecule has 0 saturated carbocycles. The number of anilines is 2. The van der Waals surface area contributed by atoms with Gasteiger partial charge in [0.05, 0.1) is 0 Å². The second-order valence-electron chi connectivity index (χ2n) is 3.70. The maximum absolute atomic E-state index is 13.0. The number of alkyl halides is 3. The van der Waals surface area contributed by atoms with Gasteiger partial charge in [0, 0.05) is 4.88 Å². The smallest absolute Gasteiger partial charge is 0.368 e. The van der Waals surface area contributed by atoms with Gasteiger partial charge in [-0.1, -0.05) is 13.5 Å². The highest BCUT2D eigenvalue weighted by atomic mass is 32.1. The molecule has 2 aromatic heterocycles. The number of thiophene rings is 1. The van der Waals surface area contributed by atoms with Crippen molar-refractivity contribution in [2.24, 2.45) is 0 Å². The Balaban J connectivity index is 0.00000200. The maximum Gasteiger partial charge on any atom is 0.413 e. The lowest BCUT2D eigenvalue weighted by atomic mass is 10.2. The van der Waals surface area contributed by atoms with E-state index in [9.17, 15) is 13.2 Å². The molecule has 1 unspecified atom stereocenters. The zero-order chi connectivity index (χ0) is 14.0. The fourth-order valence-corrected chi connectivity index (χ4v) is 2.27. The van der Waals surface area contributed by atoms with Gasteiger partial charge in [0.15, 0.2) is 6.04 Å². The molecule has 0 amide bonds. The van der Waals surface area contributed by atoms with Crippen LogP contribution in [0.2, 0.25) is 0 Å². The maximum atomic E-state index is 13.0. The molecule has 0 bridgehead atoms. The third-order valence-electron chi connectivity index (χ3n) is 2.19. The molecule has 0 aliphatic carbocycles. The van der Waals surface area contributed by atoms with E-state index in [1.165, 1.54) is 13.0 Å². The number of aryl methyl sites for hydroxylation is 1. The van der Waals surface area contributed by atoms with Gasteiger partial charge in [-0.2, -0.15) is 28.1 Å². The quantitative estimate of drug-likeness (QED) is 0.910. The molecule has 2 aromatic rings. The van der Waals surface area contributed by atoms with Crippen LogP contribution in [-0.4, -0.2) is 21.1 Å². The Morgan fingerprint density at radius 2 is 2.00 bits per heavy atom. The highest BCUT2D eigenvalue weighted by molar-refractivity contribution is 7.10. The summed E-state index contributed by atoms with van der Waals surface area (Å²) in [5, 5.41) is 3.82. The molecule has 0 fully saturated rings. The molecule has 2 rings (SSSR count). The SMILES string of the molecule is C.Cc1nc(N)nc(NC(c2cccs2)C(F)(F)F)n1. The molecular formula is C11H14F3N5S. The van der Waals surface area contributed by atoms with Crippen molar-refractivity contribution in [2.45, 2.75) is 26.6 Å². The van der Waals surface area contributed by atoms with Gasteiger partial charge in [-0.05, 0) is 18.4 Å². The van der Waals surface area contributed by atoms with Gasteiger partial charge < -0.3 is 11.1 Å². The number of nitrogens with one attached hydrogen (secondary N) is 1. The molecule has 0 aromatic carbocycles. The lowest BCUT2D eigenvalue weighted by Gasteiger charge is -2.20. The molecule has 1 atom stereocenters. The normalized spacial score (nSPS) is 12.6. The number of nitrogens with two attached hydrogens (primary N) is 1. The molecule has 9 heteroatoms. The van der Waals surface area contributed by atoms with Crippen molar-refractivity contribution < 1.29 is 13.2 Å². The first-order valence-corrected chi connectivity index (χ1v) is 6.09. The van der Waals surface area contributed by atoms with Gasteiger partial charge in [-0.25, -0.2) is 0 Å². The van der Waals surface area contributed by atoms with Crippen LogP contribution in [0.4, 0.5) is 25.1 Å². The van der Waals surface area contributed by atoms with Gasteiger partial charge in [0.2, 0.25) is 11.9 Å². The number of nitrogen functional groups attached to an aromatic ring is 1. The van der Waals surface area contributed by atoms with Crippen molar-refractivity contribution >= 4 is 23.2 Å². The van der Waals surface area contributed by atoms with Gasteiger partial charge in [-0.3, -0.25) is 0 Å². The average Bonchev–Trinajstić information content (AvgIpc) is 2.75. The minimum Gasteiger partial charge on any atom is -0.368 e. The molecule has 0 aliphatic rings. The van der Waals surface area contributed by atoms with E-state index in [2.05, 4.69) is 20.3 Å². The zero-order valence-electron chi connectivity index (χ0n) is 9.77. The Hall–Kier alpha value is -1.90. The van der Waals surface area contributed by atoms with Crippen molar-refractivity contribution in [1.29, 1.82) is 0 Å². The lowest BCUT2D eigenvalue weighted by molar-refractivity contribution is -0.143. The van der Waals surface area contributed by atoms with Crippen LogP contribution in [0.25, 0.3) is 0 Å². The van der Waals surface area contributed by atoms with Crippen LogP contribution in [0.5, 0.6) is 0 Å². The van der Waals surface area contributed by atoms with E-state index in [0.29, 0.717) is 0 Å². The van der Waals surface area contributed by atoms with E-state index in [-0.39, 0.29) is 30.0 Å². The van der Waals surface area contributed by atoms with E-state index < -0.39 is 12.2 Å². The second-order valence-corrected chi connectivity index (χ2v) is 4.68. The van der Waals surface area contributed by atoms with Crippen LogP contribution in [-0.2, 0) is 0 Å². The summed E-state index contributed by atoms with van der Waals surface area (Å²) in [5.74, 6) is -0.0649. The highest BCUT2D eigenvalue weighted by Gasteiger charge is 2.42. The van der Waals surface area contributed by atoms with E-state index in [1.807, 2.05) is 0 Å². The summed E-state index contributed by atoms with van der Waals surface area (Å²) in [7, 11) is 0. The molecule has 0 saturated heterocycles. The summed E-state index contributed by atoms with van der Waals surface area (Å²) < 4.78 is 39.0. The number of nitrogens with zero attached hydrogens (tertiary/aromatic N) is 3. The molecule has 5 nitrogen and oxygen atoms in total. The van der Waals surface area contributed by atoms with Gasteiger partial charge in [0.25, 0.3) is 0 Å². The Morgan fingerprint density at radius 1 is 1.30 bits per heavy atom. The summed E-state index contributed by atoms with van der Waals surface area (Å²) in [4.78, 5) is 11.3. The Labute approximate surface area is 118 Å². The topological polar surface area (TPSA) is 76.7 Å². The number of hydrogen-bond acceptors (Lipinski definition) is 6. The molecule has 0 spiro atoms. The van der Waals surface area contributed by atoms with Gasteiger partial charge in [-0.15, -0.1) is 11.3 Å². The average molecular weight is 305 g/mol. The van der Waals surface area contributed by atoms with Crippen molar-refractivity contribution in [1.82, 2.24) is 15.0 Å². The van der Waals surface area contributed by atoms with Crippen LogP contribution in [0, 0.1) is 6.92 Å². The molecule has 3 N–H and O–H groups in total. The van der Waals surface area contributed by atoms with Crippen LogP contribution in [0.3, 0.4) is 0 Å². The Morgan fingerprint density at radius 3 is 2.50 bits per heavy atom. The van der Waals surface area contributed by atoms with E-state index in [0.717, 1.165) is 11.3 Å². The largest absolute Gasteiger partial charge is 0.413 e. The Bertz CT molecular complexity index is 535. The third-order valence-corrected chi connectivity index (χ3v) is 3.13. The van der Waals surface area contributed by atoms with Crippen molar-refractivity contribution in [3.05, 3.63) is 28.2 Å². The number of halogens is 3. The van der Waals surface area contributed by atoms with Gasteiger partial charge >= 0.3 is 6.18 Å². The number of aromatic nitrogens is 3. The van der Waals surface area contributed by atoms with Crippen LogP contribution in [0.15, 0.2) is 17.5 Å². The monoisotopic (exact) mass is 305 g/mol. The minimum atomic E-state index is -4.46.